The molecule has 0 aliphatic rings. The zero-order valence-electron chi connectivity index (χ0n) is 16.9. The number of amides is 3. The Balaban J connectivity index is 1.82. The van der Waals surface area contributed by atoms with Gasteiger partial charge in [-0.1, -0.05) is 13.0 Å². The lowest BCUT2D eigenvalue weighted by atomic mass is 10.1. The zero-order chi connectivity index (χ0) is 22.1. The van der Waals surface area contributed by atoms with Crippen LogP contribution < -0.4 is 16.0 Å². The highest BCUT2D eigenvalue weighted by Gasteiger charge is 2.17. The molecule has 0 saturated carbocycles. The number of carbonyl (C=O) groups excluding carboxylic acids is 3. The van der Waals surface area contributed by atoms with Gasteiger partial charge in [0.1, 0.15) is 0 Å². The van der Waals surface area contributed by atoms with Crippen LogP contribution in [0.2, 0.25) is 0 Å². The summed E-state index contributed by atoms with van der Waals surface area (Å²) < 4.78 is 0. The molecule has 30 heavy (non-hydrogen) atoms. The van der Waals surface area contributed by atoms with Gasteiger partial charge in [0.25, 0.3) is 17.5 Å². The number of hydrogen-bond acceptors (Lipinski definition) is 5. The molecule has 0 spiro atoms. The van der Waals surface area contributed by atoms with Crippen molar-refractivity contribution in [1.29, 1.82) is 0 Å². The van der Waals surface area contributed by atoms with Crippen molar-refractivity contribution in [3.05, 3.63) is 69.3 Å². The maximum Gasteiger partial charge on any atom is 0.273 e. The van der Waals surface area contributed by atoms with E-state index in [1.54, 1.807) is 24.3 Å². The van der Waals surface area contributed by atoms with Crippen molar-refractivity contribution in [3.63, 3.8) is 0 Å². The average molecular weight is 412 g/mol. The molecule has 0 saturated heterocycles. The lowest BCUT2D eigenvalue weighted by Gasteiger charge is -2.09. The first-order chi connectivity index (χ1) is 14.3. The molecule has 0 radical (unpaired) electrons. The van der Waals surface area contributed by atoms with Gasteiger partial charge in [-0.3, -0.25) is 24.5 Å². The predicted octanol–water partition coefficient (Wildman–Crippen LogP) is 2.80. The van der Waals surface area contributed by atoms with Gasteiger partial charge in [0.15, 0.2) is 0 Å². The van der Waals surface area contributed by atoms with E-state index in [4.69, 9.17) is 0 Å². The molecule has 0 aromatic heterocycles. The van der Waals surface area contributed by atoms with E-state index in [9.17, 15) is 24.5 Å². The van der Waals surface area contributed by atoms with Crippen LogP contribution >= 0.6 is 0 Å². The average Bonchev–Trinajstić information content (AvgIpc) is 2.71. The molecule has 3 N–H and O–H groups in total. The van der Waals surface area contributed by atoms with Gasteiger partial charge in [-0.25, -0.2) is 0 Å². The third kappa shape index (κ3) is 6.13. The van der Waals surface area contributed by atoms with Crippen LogP contribution in [0.15, 0.2) is 42.5 Å². The first-order valence-electron chi connectivity index (χ1n) is 9.53. The van der Waals surface area contributed by atoms with E-state index >= 15 is 0 Å². The summed E-state index contributed by atoms with van der Waals surface area (Å²) in [6, 6.07) is 10.8. The lowest BCUT2D eigenvalue weighted by molar-refractivity contribution is -0.385. The minimum atomic E-state index is -0.535. The number of benzene rings is 2. The van der Waals surface area contributed by atoms with Crippen molar-refractivity contribution in [1.82, 2.24) is 10.6 Å². The van der Waals surface area contributed by atoms with Crippen LogP contribution in [0.25, 0.3) is 0 Å². The molecule has 2 rings (SSSR count). The summed E-state index contributed by atoms with van der Waals surface area (Å²) in [5, 5.41) is 19.0. The molecule has 0 heterocycles. The molecule has 0 aliphatic carbocycles. The number of hydrogen-bond donors (Lipinski definition) is 3. The predicted molar refractivity (Wildman–Crippen MR) is 112 cm³/mol. The lowest BCUT2D eigenvalue weighted by Crippen LogP contribution is -2.35. The summed E-state index contributed by atoms with van der Waals surface area (Å²) >= 11 is 0. The molecule has 9 heteroatoms. The molecule has 158 valence electrons. The molecular formula is C21H24N4O5. The molecule has 0 fully saturated rings. The number of carbonyl (C=O) groups is 3. The van der Waals surface area contributed by atoms with E-state index in [1.807, 2.05) is 6.92 Å². The summed E-state index contributed by atoms with van der Waals surface area (Å²) in [4.78, 5) is 46.4. The van der Waals surface area contributed by atoms with Crippen molar-refractivity contribution in [2.75, 3.05) is 18.4 Å². The Morgan fingerprint density at radius 2 is 1.60 bits per heavy atom. The van der Waals surface area contributed by atoms with E-state index in [2.05, 4.69) is 16.0 Å². The van der Waals surface area contributed by atoms with E-state index in [-0.39, 0.29) is 41.7 Å². The van der Waals surface area contributed by atoms with Crippen LogP contribution in [0.1, 0.15) is 46.0 Å². The smallest absolute Gasteiger partial charge is 0.273 e. The van der Waals surface area contributed by atoms with Crippen LogP contribution in [0.5, 0.6) is 0 Å². The van der Waals surface area contributed by atoms with E-state index in [0.717, 1.165) is 6.42 Å². The van der Waals surface area contributed by atoms with Crippen molar-refractivity contribution in [3.8, 4) is 0 Å². The van der Waals surface area contributed by atoms with Gasteiger partial charge in [-0.05, 0) is 43.7 Å². The first kappa shape index (κ1) is 22.5. The second-order valence-corrected chi connectivity index (χ2v) is 6.59. The third-order valence-corrected chi connectivity index (χ3v) is 4.35. The highest BCUT2D eigenvalue weighted by Crippen LogP contribution is 2.20. The Kier molecular flexibility index (Phi) is 8.04. The Labute approximate surface area is 174 Å². The fraction of sp³-hybridized carbons (Fsp3) is 0.286. The summed E-state index contributed by atoms with van der Waals surface area (Å²) in [6.07, 6.45) is 1.19. The largest absolute Gasteiger partial charge is 0.350 e. The number of nitro benzene ring substituents is 1. The summed E-state index contributed by atoms with van der Waals surface area (Å²) in [5.41, 5.74) is 1.42. The number of nitrogens with one attached hydrogen (secondary N) is 3. The van der Waals surface area contributed by atoms with Crippen LogP contribution in [-0.2, 0) is 4.79 Å². The van der Waals surface area contributed by atoms with Crippen LogP contribution in [0.4, 0.5) is 11.4 Å². The quantitative estimate of drug-likeness (QED) is 0.331. The second-order valence-electron chi connectivity index (χ2n) is 6.59. The SMILES string of the molecule is CCCC(=O)Nc1ccc(C(=O)NCCNC(=O)c2cccc([N+](=O)[O-])c2C)cc1. The zero-order valence-corrected chi connectivity index (χ0v) is 16.9. The highest BCUT2D eigenvalue weighted by molar-refractivity contribution is 5.97. The maximum atomic E-state index is 12.2. The minimum absolute atomic E-state index is 0.0792. The molecule has 2 aromatic rings. The van der Waals surface area contributed by atoms with Crippen molar-refractivity contribution in [2.45, 2.75) is 26.7 Å². The molecular weight excluding hydrogens is 388 g/mol. The van der Waals surface area contributed by atoms with Gasteiger partial charge in [0.05, 0.1) is 4.92 Å². The Morgan fingerprint density at radius 3 is 2.20 bits per heavy atom. The summed E-state index contributed by atoms with van der Waals surface area (Å²) in [6.45, 7) is 3.79. The standard InChI is InChI=1S/C21H24N4O5/c1-3-5-19(26)24-16-10-8-15(9-11-16)20(27)22-12-13-23-21(28)17-6-4-7-18(14(17)2)25(29)30/h4,6-11H,3,5,12-13H2,1-2H3,(H,22,27)(H,23,28)(H,24,26). The molecule has 0 bridgehead atoms. The van der Waals surface area contributed by atoms with Crippen LogP contribution in [0.3, 0.4) is 0 Å². The van der Waals surface area contributed by atoms with Crippen LogP contribution in [0, 0.1) is 17.0 Å². The third-order valence-electron chi connectivity index (χ3n) is 4.35. The first-order valence-corrected chi connectivity index (χ1v) is 9.53. The van der Waals surface area contributed by atoms with Crippen molar-refractivity contribution >= 4 is 29.1 Å². The van der Waals surface area contributed by atoms with E-state index in [0.29, 0.717) is 17.7 Å². The summed E-state index contributed by atoms with van der Waals surface area (Å²) in [5.74, 6) is -0.843. The summed E-state index contributed by atoms with van der Waals surface area (Å²) in [7, 11) is 0. The van der Waals surface area contributed by atoms with Crippen molar-refractivity contribution in [2.24, 2.45) is 0 Å². The van der Waals surface area contributed by atoms with Gasteiger partial charge in [0.2, 0.25) is 5.91 Å². The number of nitrogens with zero attached hydrogens (tertiary/aromatic N) is 1. The maximum absolute atomic E-state index is 12.2. The fourth-order valence-corrected chi connectivity index (χ4v) is 2.77. The van der Waals surface area contributed by atoms with Gasteiger partial charge in [-0.2, -0.15) is 0 Å². The molecule has 0 atom stereocenters. The second kappa shape index (κ2) is 10.7. The monoisotopic (exact) mass is 412 g/mol. The molecule has 3 amide bonds. The molecule has 2 aromatic carbocycles. The molecule has 0 aliphatic heterocycles. The fourth-order valence-electron chi connectivity index (χ4n) is 2.77. The molecule has 0 unspecified atom stereocenters. The van der Waals surface area contributed by atoms with Gasteiger partial charge < -0.3 is 16.0 Å². The number of rotatable bonds is 9. The topological polar surface area (TPSA) is 130 Å². The Morgan fingerprint density at radius 1 is 0.967 bits per heavy atom. The van der Waals surface area contributed by atoms with Crippen molar-refractivity contribution < 1.29 is 19.3 Å². The minimum Gasteiger partial charge on any atom is -0.350 e. The Hall–Kier alpha value is -3.75. The number of anilines is 1. The van der Waals surface area contributed by atoms with Gasteiger partial charge >= 0.3 is 0 Å². The molecule has 9 nitrogen and oxygen atoms in total. The van der Waals surface area contributed by atoms with Gasteiger partial charge in [0, 0.05) is 48.0 Å². The van der Waals surface area contributed by atoms with Gasteiger partial charge in [-0.15, -0.1) is 0 Å². The Bertz CT molecular complexity index is 941. The highest BCUT2D eigenvalue weighted by atomic mass is 16.6. The van der Waals surface area contributed by atoms with Crippen LogP contribution in [-0.4, -0.2) is 35.7 Å². The number of nitro groups is 1. The normalized spacial score (nSPS) is 10.2. The van der Waals surface area contributed by atoms with E-state index in [1.165, 1.54) is 25.1 Å². The van der Waals surface area contributed by atoms with E-state index < -0.39 is 10.8 Å².